The van der Waals surface area contributed by atoms with Crippen LogP contribution >= 0.6 is 11.3 Å². The molecule has 1 aromatic carbocycles. The van der Waals surface area contributed by atoms with Crippen LogP contribution in [0.1, 0.15) is 23.0 Å². The number of nitrogens with two attached hydrogens (primary N) is 1. The highest BCUT2D eigenvalue weighted by Crippen LogP contribution is 2.18. The van der Waals surface area contributed by atoms with E-state index in [1.165, 1.54) is 11.3 Å². The molecule has 3 rings (SSSR count). The van der Waals surface area contributed by atoms with Crippen LogP contribution in [0, 0.1) is 0 Å². The van der Waals surface area contributed by atoms with Gasteiger partial charge in [-0.3, -0.25) is 14.9 Å². The Kier molecular flexibility index (Phi) is 4.02. The second kappa shape index (κ2) is 6.13. The van der Waals surface area contributed by atoms with Gasteiger partial charge in [0, 0.05) is 17.5 Å². The molecule has 9 heteroatoms. The number of anilines is 1. The predicted molar refractivity (Wildman–Crippen MR) is 86.2 cm³/mol. The fourth-order valence-corrected chi connectivity index (χ4v) is 2.85. The summed E-state index contributed by atoms with van der Waals surface area (Å²) < 4.78 is 1.76. The van der Waals surface area contributed by atoms with E-state index in [2.05, 4.69) is 20.6 Å². The van der Waals surface area contributed by atoms with Crippen molar-refractivity contribution in [2.24, 2.45) is 5.73 Å². The minimum absolute atomic E-state index is 0.0540. The number of carbonyl (C=O) groups excluding carboxylic acids is 2. The Morgan fingerprint density at radius 1 is 1.39 bits per heavy atom. The summed E-state index contributed by atoms with van der Waals surface area (Å²) in [5.74, 6) is -0.754. The monoisotopic (exact) mass is 330 g/mol. The largest absolute Gasteiger partial charge is 0.369 e. The highest BCUT2D eigenvalue weighted by molar-refractivity contribution is 7.14. The van der Waals surface area contributed by atoms with Crippen LogP contribution in [0.3, 0.4) is 0 Å². The third-order valence-corrected chi connectivity index (χ3v) is 4.01. The van der Waals surface area contributed by atoms with Crippen LogP contribution in [0.15, 0.2) is 23.6 Å². The van der Waals surface area contributed by atoms with E-state index in [9.17, 15) is 9.59 Å². The number of primary amides is 1. The standard InChI is InChI=1S/C14H14N6O2S/c1-2-20-11-4-3-8(5-10(11)18-19-20)13(22)17-14-16-9(7-23-14)6-12(15)21/h3-5,7H,2,6H2,1H3,(H2,15,21)(H,16,17,22). The van der Waals surface area contributed by atoms with Gasteiger partial charge in [-0.1, -0.05) is 5.21 Å². The van der Waals surface area contributed by atoms with Crippen LogP contribution < -0.4 is 11.1 Å². The zero-order valence-electron chi connectivity index (χ0n) is 12.3. The van der Waals surface area contributed by atoms with Crippen molar-refractivity contribution in [2.45, 2.75) is 19.9 Å². The summed E-state index contributed by atoms with van der Waals surface area (Å²) in [6.07, 6.45) is 0.0540. The fraction of sp³-hybridized carbons (Fsp3) is 0.214. The number of fused-ring (bicyclic) bond motifs is 1. The molecule has 0 fully saturated rings. The second-order valence-corrected chi connectivity index (χ2v) is 5.71. The van der Waals surface area contributed by atoms with E-state index in [0.717, 1.165) is 5.52 Å². The van der Waals surface area contributed by atoms with Gasteiger partial charge < -0.3 is 5.73 Å². The molecular weight excluding hydrogens is 316 g/mol. The quantitative estimate of drug-likeness (QED) is 0.729. The van der Waals surface area contributed by atoms with Gasteiger partial charge in [0.15, 0.2) is 5.13 Å². The van der Waals surface area contributed by atoms with Gasteiger partial charge in [-0.25, -0.2) is 9.67 Å². The maximum atomic E-state index is 12.3. The molecule has 2 amide bonds. The van der Waals surface area contributed by atoms with Crippen LogP contribution in [-0.2, 0) is 17.8 Å². The maximum absolute atomic E-state index is 12.3. The van der Waals surface area contributed by atoms with Crippen molar-refractivity contribution in [3.63, 3.8) is 0 Å². The lowest BCUT2D eigenvalue weighted by atomic mass is 10.2. The third-order valence-electron chi connectivity index (χ3n) is 3.20. The van der Waals surface area contributed by atoms with Gasteiger partial charge in [-0.15, -0.1) is 16.4 Å². The molecule has 3 aromatic rings. The lowest BCUT2D eigenvalue weighted by molar-refractivity contribution is -0.117. The zero-order valence-corrected chi connectivity index (χ0v) is 13.1. The number of hydrogen-bond acceptors (Lipinski definition) is 6. The number of benzene rings is 1. The van der Waals surface area contributed by atoms with Gasteiger partial charge in [0.1, 0.15) is 5.52 Å². The van der Waals surface area contributed by atoms with Gasteiger partial charge in [-0.2, -0.15) is 0 Å². The highest BCUT2D eigenvalue weighted by atomic mass is 32.1. The van der Waals surface area contributed by atoms with Crippen molar-refractivity contribution >= 4 is 39.3 Å². The molecule has 0 aliphatic carbocycles. The number of thiazole rings is 1. The van der Waals surface area contributed by atoms with E-state index in [-0.39, 0.29) is 12.3 Å². The molecule has 23 heavy (non-hydrogen) atoms. The van der Waals surface area contributed by atoms with Gasteiger partial charge in [0.2, 0.25) is 5.91 Å². The molecule has 0 unspecified atom stereocenters. The highest BCUT2D eigenvalue weighted by Gasteiger charge is 2.12. The molecular formula is C14H14N6O2S. The fourth-order valence-electron chi connectivity index (χ4n) is 2.14. The molecule has 0 bridgehead atoms. The Hall–Kier alpha value is -2.81. The van der Waals surface area contributed by atoms with Crippen LogP contribution in [0.4, 0.5) is 5.13 Å². The summed E-state index contributed by atoms with van der Waals surface area (Å²) >= 11 is 1.24. The first-order valence-corrected chi connectivity index (χ1v) is 7.82. The van der Waals surface area contributed by atoms with Crippen LogP contribution in [0.25, 0.3) is 11.0 Å². The summed E-state index contributed by atoms with van der Waals surface area (Å²) in [6.45, 7) is 2.69. The lowest BCUT2D eigenvalue weighted by Gasteiger charge is -2.02. The number of rotatable bonds is 5. The maximum Gasteiger partial charge on any atom is 0.257 e. The van der Waals surface area contributed by atoms with E-state index in [4.69, 9.17) is 5.73 Å². The molecule has 0 aliphatic heterocycles. The summed E-state index contributed by atoms with van der Waals surface area (Å²) in [7, 11) is 0. The number of hydrogen-bond donors (Lipinski definition) is 2. The van der Waals surface area contributed by atoms with Crippen molar-refractivity contribution < 1.29 is 9.59 Å². The topological polar surface area (TPSA) is 116 Å². The average Bonchev–Trinajstić information content (AvgIpc) is 3.12. The Labute approximate surface area is 135 Å². The number of carbonyl (C=O) groups is 2. The van der Waals surface area contributed by atoms with Crippen molar-refractivity contribution in [3.8, 4) is 0 Å². The van der Waals surface area contributed by atoms with Crippen molar-refractivity contribution in [1.82, 2.24) is 20.0 Å². The van der Waals surface area contributed by atoms with Crippen molar-refractivity contribution in [2.75, 3.05) is 5.32 Å². The van der Waals surface area contributed by atoms with Crippen LogP contribution in [-0.4, -0.2) is 31.8 Å². The molecule has 0 spiro atoms. The predicted octanol–water partition coefficient (Wildman–Crippen LogP) is 1.19. The van der Waals surface area contributed by atoms with E-state index >= 15 is 0 Å². The van der Waals surface area contributed by atoms with E-state index in [0.29, 0.717) is 28.5 Å². The molecule has 118 valence electrons. The zero-order chi connectivity index (χ0) is 16.4. The Balaban J connectivity index is 1.77. The molecule has 2 aromatic heterocycles. The first-order valence-electron chi connectivity index (χ1n) is 6.94. The molecule has 0 saturated heterocycles. The number of nitrogens with zero attached hydrogens (tertiary/aromatic N) is 4. The lowest BCUT2D eigenvalue weighted by Crippen LogP contribution is -2.14. The van der Waals surface area contributed by atoms with Crippen LogP contribution in [0.2, 0.25) is 0 Å². The minimum atomic E-state index is -0.461. The van der Waals surface area contributed by atoms with E-state index in [1.807, 2.05) is 13.0 Å². The first-order chi connectivity index (χ1) is 11.1. The molecule has 2 heterocycles. The van der Waals surface area contributed by atoms with E-state index in [1.54, 1.807) is 22.2 Å². The normalized spacial score (nSPS) is 10.8. The van der Waals surface area contributed by atoms with Gasteiger partial charge in [-0.05, 0) is 25.1 Å². The number of nitrogens with one attached hydrogen (secondary N) is 1. The van der Waals surface area contributed by atoms with Gasteiger partial charge in [0.25, 0.3) is 5.91 Å². The smallest absolute Gasteiger partial charge is 0.257 e. The molecule has 0 saturated carbocycles. The summed E-state index contributed by atoms with van der Waals surface area (Å²) in [5.41, 5.74) is 7.66. The molecule has 8 nitrogen and oxygen atoms in total. The van der Waals surface area contributed by atoms with Gasteiger partial charge >= 0.3 is 0 Å². The third kappa shape index (κ3) is 3.19. The molecule has 0 aliphatic rings. The van der Waals surface area contributed by atoms with Crippen molar-refractivity contribution in [3.05, 3.63) is 34.8 Å². The number of aryl methyl sites for hydroxylation is 1. The summed E-state index contributed by atoms with van der Waals surface area (Å²) in [5, 5.41) is 12.9. The average molecular weight is 330 g/mol. The summed E-state index contributed by atoms with van der Waals surface area (Å²) in [4.78, 5) is 27.3. The Morgan fingerprint density at radius 3 is 2.96 bits per heavy atom. The molecule has 3 N–H and O–H groups in total. The molecule has 0 atom stereocenters. The van der Waals surface area contributed by atoms with Gasteiger partial charge in [0.05, 0.1) is 17.6 Å². The summed E-state index contributed by atoms with van der Waals surface area (Å²) in [6, 6.07) is 5.21. The van der Waals surface area contributed by atoms with Crippen molar-refractivity contribution in [1.29, 1.82) is 0 Å². The number of aromatic nitrogens is 4. The first kappa shape index (κ1) is 15.1. The molecule has 0 radical (unpaired) electrons. The Bertz CT molecular complexity index is 884. The van der Waals surface area contributed by atoms with Crippen LogP contribution in [0.5, 0.6) is 0 Å². The van der Waals surface area contributed by atoms with E-state index < -0.39 is 5.91 Å². The SMILES string of the molecule is CCn1nnc2cc(C(=O)Nc3nc(CC(N)=O)cs3)ccc21. The Morgan fingerprint density at radius 2 is 2.22 bits per heavy atom. The number of amides is 2. The second-order valence-electron chi connectivity index (χ2n) is 4.85. The minimum Gasteiger partial charge on any atom is -0.369 e.